The third-order valence-corrected chi connectivity index (χ3v) is 3.16. The Bertz CT molecular complexity index is 686. The number of aromatic nitrogens is 4. The van der Waals surface area contributed by atoms with Gasteiger partial charge >= 0.3 is 0 Å². The van der Waals surface area contributed by atoms with Gasteiger partial charge in [-0.15, -0.1) is 0 Å². The average molecular weight is 244 g/mol. The highest BCUT2D eigenvalue weighted by atomic mass is 32.1. The van der Waals surface area contributed by atoms with Crippen molar-refractivity contribution in [1.29, 1.82) is 0 Å². The minimum absolute atomic E-state index is 0.654. The van der Waals surface area contributed by atoms with E-state index in [2.05, 4.69) is 40.3 Å². The first-order valence-corrected chi connectivity index (χ1v) is 5.93. The summed E-state index contributed by atoms with van der Waals surface area (Å²) in [6, 6.07) is 10.3. The maximum atomic E-state index is 5.18. The predicted molar refractivity (Wildman–Crippen MR) is 70.4 cm³/mol. The van der Waals surface area contributed by atoms with E-state index in [1.54, 1.807) is 0 Å². The topological polar surface area (TPSA) is 49.4 Å². The lowest BCUT2D eigenvalue weighted by Gasteiger charge is -1.99. The van der Waals surface area contributed by atoms with Crippen LogP contribution in [0.1, 0.15) is 6.92 Å². The molecule has 0 amide bonds. The summed E-state index contributed by atoms with van der Waals surface area (Å²) in [5, 5.41) is 8.27. The number of H-pyrrole nitrogens is 2. The zero-order valence-electron chi connectivity index (χ0n) is 9.40. The van der Waals surface area contributed by atoms with Crippen molar-refractivity contribution in [2.24, 2.45) is 0 Å². The molecule has 2 aromatic heterocycles. The summed E-state index contributed by atoms with van der Waals surface area (Å²) in [6.07, 6.45) is 0. The lowest BCUT2D eigenvalue weighted by molar-refractivity contribution is 0.754. The molecule has 0 aliphatic heterocycles. The summed E-state index contributed by atoms with van der Waals surface area (Å²) in [7, 11) is 0. The van der Waals surface area contributed by atoms with Crippen LogP contribution in [-0.4, -0.2) is 19.7 Å². The average Bonchev–Trinajstić information content (AvgIpc) is 2.91. The summed E-state index contributed by atoms with van der Waals surface area (Å²) in [4.78, 5) is 3.35. The van der Waals surface area contributed by atoms with Crippen molar-refractivity contribution in [1.82, 2.24) is 19.7 Å². The number of para-hydroxylation sites is 1. The molecule has 0 aliphatic rings. The first kappa shape index (κ1) is 10.3. The summed E-state index contributed by atoms with van der Waals surface area (Å²) in [5.74, 6) is 0.855. The molecule has 4 nitrogen and oxygen atoms in total. The first-order valence-electron chi connectivity index (χ1n) is 5.53. The van der Waals surface area contributed by atoms with Crippen molar-refractivity contribution in [3.8, 4) is 11.5 Å². The molecule has 0 radical (unpaired) electrons. The minimum atomic E-state index is 0.654. The summed E-state index contributed by atoms with van der Waals surface area (Å²) < 4.78 is 2.63. The van der Waals surface area contributed by atoms with E-state index in [9.17, 15) is 0 Å². The lowest BCUT2D eigenvalue weighted by atomic mass is 10.2. The fourth-order valence-electron chi connectivity index (χ4n) is 2.01. The third kappa shape index (κ3) is 1.59. The van der Waals surface area contributed by atoms with Gasteiger partial charge in [0.25, 0.3) is 0 Å². The molecule has 3 aromatic rings. The number of fused-ring (bicyclic) bond motifs is 1. The smallest absolute Gasteiger partial charge is 0.195 e. The monoisotopic (exact) mass is 244 g/mol. The standard InChI is InChI=1S/C12H12N4S/c1-2-16-11(14-15-12(16)17)10-7-8-5-3-4-6-9(8)13-10/h3-7,13H,2H2,1H3,(H,15,17). The molecule has 3 rings (SSSR count). The van der Waals surface area contributed by atoms with E-state index in [4.69, 9.17) is 12.2 Å². The maximum absolute atomic E-state index is 5.18. The molecule has 5 heteroatoms. The zero-order valence-corrected chi connectivity index (χ0v) is 10.2. The normalized spacial score (nSPS) is 11.1. The van der Waals surface area contributed by atoms with E-state index in [1.165, 1.54) is 5.39 Å². The summed E-state index contributed by atoms with van der Waals surface area (Å²) >= 11 is 5.18. The number of nitrogens with one attached hydrogen (secondary N) is 2. The van der Waals surface area contributed by atoms with Gasteiger partial charge in [-0.2, -0.15) is 5.10 Å². The van der Waals surface area contributed by atoms with Crippen LogP contribution in [0, 0.1) is 4.77 Å². The maximum Gasteiger partial charge on any atom is 0.195 e. The lowest BCUT2D eigenvalue weighted by Crippen LogP contribution is -1.97. The van der Waals surface area contributed by atoms with E-state index in [0.717, 1.165) is 23.6 Å². The number of hydrogen-bond acceptors (Lipinski definition) is 2. The Balaban J connectivity index is 2.23. The van der Waals surface area contributed by atoms with Crippen molar-refractivity contribution in [2.45, 2.75) is 13.5 Å². The molecule has 0 unspecified atom stereocenters. The van der Waals surface area contributed by atoms with E-state index in [0.29, 0.717) is 4.77 Å². The Morgan fingerprint density at radius 3 is 2.94 bits per heavy atom. The van der Waals surface area contributed by atoms with Crippen LogP contribution < -0.4 is 0 Å². The molecule has 2 N–H and O–H groups in total. The third-order valence-electron chi connectivity index (χ3n) is 2.85. The fourth-order valence-corrected chi connectivity index (χ4v) is 2.27. The fraction of sp³-hybridized carbons (Fsp3) is 0.167. The number of hydrogen-bond donors (Lipinski definition) is 2. The molecule has 0 bridgehead atoms. The Hall–Kier alpha value is -1.88. The predicted octanol–water partition coefficient (Wildman–Crippen LogP) is 3.11. The van der Waals surface area contributed by atoms with Gasteiger partial charge in [-0.05, 0) is 31.3 Å². The Morgan fingerprint density at radius 2 is 2.18 bits per heavy atom. The van der Waals surface area contributed by atoms with E-state index in [-0.39, 0.29) is 0 Å². The van der Waals surface area contributed by atoms with Crippen molar-refractivity contribution in [3.05, 3.63) is 35.1 Å². The molecule has 2 heterocycles. The molecule has 1 aromatic carbocycles. The molecular weight excluding hydrogens is 232 g/mol. The molecule has 0 fully saturated rings. The van der Waals surface area contributed by atoms with Crippen molar-refractivity contribution >= 4 is 23.1 Å². The summed E-state index contributed by atoms with van der Waals surface area (Å²) in [6.45, 7) is 2.86. The van der Waals surface area contributed by atoms with Crippen LogP contribution in [0.2, 0.25) is 0 Å². The number of benzene rings is 1. The van der Waals surface area contributed by atoms with Gasteiger partial charge in [0.15, 0.2) is 10.6 Å². The molecular formula is C12H12N4S. The Morgan fingerprint density at radius 1 is 1.35 bits per heavy atom. The number of rotatable bonds is 2. The minimum Gasteiger partial charge on any atom is -0.352 e. The van der Waals surface area contributed by atoms with Crippen LogP contribution in [0.3, 0.4) is 0 Å². The highest BCUT2D eigenvalue weighted by Gasteiger charge is 2.09. The van der Waals surface area contributed by atoms with Gasteiger partial charge < -0.3 is 4.98 Å². The molecule has 17 heavy (non-hydrogen) atoms. The van der Waals surface area contributed by atoms with Crippen LogP contribution in [-0.2, 0) is 6.54 Å². The van der Waals surface area contributed by atoms with Gasteiger partial charge in [0.1, 0.15) is 0 Å². The Kier molecular flexibility index (Phi) is 2.33. The molecule has 0 aliphatic carbocycles. The van der Waals surface area contributed by atoms with Gasteiger partial charge in [-0.25, -0.2) is 0 Å². The van der Waals surface area contributed by atoms with Gasteiger partial charge in [-0.3, -0.25) is 9.67 Å². The SMILES string of the molecule is CCn1c(-c2cc3ccccc3[nH]2)n[nH]c1=S. The highest BCUT2D eigenvalue weighted by molar-refractivity contribution is 7.71. The molecule has 86 valence electrons. The van der Waals surface area contributed by atoms with E-state index < -0.39 is 0 Å². The number of aromatic amines is 2. The molecule has 0 saturated heterocycles. The van der Waals surface area contributed by atoms with Crippen LogP contribution in [0.15, 0.2) is 30.3 Å². The van der Waals surface area contributed by atoms with Crippen LogP contribution in [0.5, 0.6) is 0 Å². The zero-order chi connectivity index (χ0) is 11.8. The van der Waals surface area contributed by atoms with Crippen molar-refractivity contribution < 1.29 is 0 Å². The number of nitrogens with zero attached hydrogens (tertiary/aromatic N) is 2. The first-order chi connectivity index (χ1) is 8.29. The van der Waals surface area contributed by atoms with Gasteiger partial charge in [-0.1, -0.05) is 18.2 Å². The second-order valence-corrected chi connectivity index (χ2v) is 4.25. The largest absolute Gasteiger partial charge is 0.352 e. The van der Waals surface area contributed by atoms with E-state index >= 15 is 0 Å². The van der Waals surface area contributed by atoms with Gasteiger partial charge in [0.2, 0.25) is 0 Å². The van der Waals surface area contributed by atoms with E-state index in [1.807, 2.05) is 16.7 Å². The van der Waals surface area contributed by atoms with Crippen LogP contribution in [0.25, 0.3) is 22.4 Å². The second kappa shape index (κ2) is 3.85. The van der Waals surface area contributed by atoms with Gasteiger partial charge in [0, 0.05) is 17.4 Å². The second-order valence-electron chi connectivity index (χ2n) is 3.87. The molecule has 0 saturated carbocycles. The molecule has 0 spiro atoms. The quantitative estimate of drug-likeness (QED) is 0.680. The van der Waals surface area contributed by atoms with Crippen molar-refractivity contribution in [2.75, 3.05) is 0 Å². The Labute approximate surface area is 103 Å². The highest BCUT2D eigenvalue weighted by Crippen LogP contribution is 2.22. The van der Waals surface area contributed by atoms with Crippen molar-refractivity contribution in [3.63, 3.8) is 0 Å². The summed E-state index contributed by atoms with van der Waals surface area (Å²) in [5.41, 5.74) is 2.10. The molecule has 0 atom stereocenters. The van der Waals surface area contributed by atoms with Crippen LogP contribution in [0.4, 0.5) is 0 Å². The van der Waals surface area contributed by atoms with Gasteiger partial charge in [0.05, 0.1) is 5.69 Å². The van der Waals surface area contributed by atoms with Crippen LogP contribution >= 0.6 is 12.2 Å².